The first-order chi connectivity index (χ1) is 13.3. The standard InChI is InChI=1S/C17H12N6OS3/c1-24-12-6-3-2-5-10(12)11-9-26-17-19-15(22-23(11)17)18-16-21-20-14(27-16)13-7-4-8-25-13/h2-9H,1H3,(H,18,21,22). The Morgan fingerprint density at radius 2 is 2.00 bits per heavy atom. The minimum Gasteiger partial charge on any atom is -0.496 e. The second-order valence-electron chi connectivity index (χ2n) is 5.47. The quantitative estimate of drug-likeness (QED) is 0.447. The van der Waals surface area contributed by atoms with Gasteiger partial charge in [0.1, 0.15) is 5.75 Å². The van der Waals surface area contributed by atoms with E-state index in [0.717, 1.165) is 31.9 Å². The van der Waals surface area contributed by atoms with Gasteiger partial charge in [0.2, 0.25) is 16.0 Å². The maximum atomic E-state index is 5.47. The second kappa shape index (κ2) is 6.72. The Bertz CT molecular complexity index is 1210. The topological polar surface area (TPSA) is 77.2 Å². The van der Waals surface area contributed by atoms with Crippen LogP contribution in [0.3, 0.4) is 0 Å². The molecule has 4 heterocycles. The van der Waals surface area contributed by atoms with E-state index < -0.39 is 0 Å². The summed E-state index contributed by atoms with van der Waals surface area (Å²) in [5.74, 6) is 1.29. The lowest BCUT2D eigenvalue weighted by molar-refractivity contribution is 0.416. The number of para-hydroxylation sites is 1. The highest BCUT2D eigenvalue weighted by Gasteiger charge is 2.16. The number of thiazole rings is 1. The largest absolute Gasteiger partial charge is 0.496 e. The Kier molecular flexibility index (Phi) is 4.07. The van der Waals surface area contributed by atoms with Crippen molar-refractivity contribution in [3.8, 4) is 26.9 Å². The van der Waals surface area contributed by atoms with E-state index >= 15 is 0 Å². The minimum absolute atomic E-state index is 0.492. The third-order valence-electron chi connectivity index (χ3n) is 3.84. The van der Waals surface area contributed by atoms with Crippen LogP contribution in [-0.2, 0) is 0 Å². The van der Waals surface area contributed by atoms with Crippen LogP contribution in [0, 0.1) is 0 Å². The average Bonchev–Trinajstić information content (AvgIpc) is 3.46. The maximum absolute atomic E-state index is 5.47. The number of hydrogen-bond donors (Lipinski definition) is 1. The minimum atomic E-state index is 0.492. The monoisotopic (exact) mass is 412 g/mol. The van der Waals surface area contributed by atoms with Crippen molar-refractivity contribution < 1.29 is 4.74 Å². The molecule has 0 aliphatic rings. The molecular weight excluding hydrogens is 400 g/mol. The van der Waals surface area contributed by atoms with Crippen molar-refractivity contribution in [2.75, 3.05) is 12.4 Å². The molecule has 0 bridgehead atoms. The number of methoxy groups -OCH3 is 1. The van der Waals surface area contributed by atoms with Crippen molar-refractivity contribution >= 4 is 50.1 Å². The van der Waals surface area contributed by atoms with Crippen LogP contribution < -0.4 is 10.1 Å². The van der Waals surface area contributed by atoms with E-state index in [1.165, 1.54) is 22.7 Å². The van der Waals surface area contributed by atoms with Gasteiger partial charge in [-0.2, -0.15) is 4.98 Å². The highest BCUT2D eigenvalue weighted by molar-refractivity contribution is 7.23. The molecule has 0 unspecified atom stereocenters. The fraction of sp³-hybridized carbons (Fsp3) is 0.0588. The zero-order chi connectivity index (χ0) is 18.2. The van der Waals surface area contributed by atoms with E-state index in [4.69, 9.17) is 4.74 Å². The van der Waals surface area contributed by atoms with E-state index in [1.807, 2.05) is 51.7 Å². The summed E-state index contributed by atoms with van der Waals surface area (Å²) in [6, 6.07) is 11.9. The molecule has 0 fully saturated rings. The predicted molar refractivity (Wildman–Crippen MR) is 109 cm³/mol. The Morgan fingerprint density at radius 3 is 2.85 bits per heavy atom. The van der Waals surface area contributed by atoms with Gasteiger partial charge in [0.25, 0.3) is 0 Å². The van der Waals surface area contributed by atoms with Gasteiger partial charge in [-0.25, -0.2) is 4.52 Å². The first-order valence-corrected chi connectivity index (χ1v) is 10.5. The number of fused-ring (bicyclic) bond motifs is 1. The van der Waals surface area contributed by atoms with Crippen molar-refractivity contribution in [3.05, 3.63) is 47.2 Å². The van der Waals surface area contributed by atoms with Crippen LogP contribution >= 0.6 is 34.0 Å². The fourth-order valence-electron chi connectivity index (χ4n) is 2.65. The van der Waals surface area contributed by atoms with Gasteiger partial charge in [0.15, 0.2) is 5.01 Å². The van der Waals surface area contributed by atoms with E-state index in [1.54, 1.807) is 18.4 Å². The van der Waals surface area contributed by atoms with Gasteiger partial charge in [0.05, 0.1) is 17.7 Å². The number of rotatable bonds is 5. The third-order valence-corrected chi connectivity index (χ3v) is 6.53. The van der Waals surface area contributed by atoms with Gasteiger partial charge in [-0.05, 0) is 23.6 Å². The van der Waals surface area contributed by atoms with E-state index in [0.29, 0.717) is 11.1 Å². The lowest BCUT2D eigenvalue weighted by Crippen LogP contribution is -1.95. The lowest BCUT2D eigenvalue weighted by Gasteiger charge is -2.06. The number of ether oxygens (including phenoxy) is 1. The summed E-state index contributed by atoms with van der Waals surface area (Å²) in [5.41, 5.74) is 1.91. The van der Waals surface area contributed by atoms with Crippen LogP contribution in [0.25, 0.3) is 26.1 Å². The van der Waals surface area contributed by atoms with Crippen molar-refractivity contribution in [1.29, 1.82) is 0 Å². The molecule has 0 aliphatic carbocycles. The van der Waals surface area contributed by atoms with Crippen molar-refractivity contribution in [1.82, 2.24) is 24.8 Å². The van der Waals surface area contributed by atoms with Gasteiger partial charge in [-0.1, -0.05) is 29.5 Å². The molecule has 0 atom stereocenters. The Labute approximate surface area is 165 Å². The molecule has 1 N–H and O–H groups in total. The molecule has 0 amide bonds. The summed E-state index contributed by atoms with van der Waals surface area (Å²) in [5, 5.41) is 21.7. The number of nitrogens with zero attached hydrogens (tertiary/aromatic N) is 5. The Hall–Kier alpha value is -2.82. The maximum Gasteiger partial charge on any atom is 0.250 e. The molecule has 0 saturated carbocycles. The summed E-state index contributed by atoms with van der Waals surface area (Å²) in [7, 11) is 1.66. The molecule has 10 heteroatoms. The number of hydrogen-bond acceptors (Lipinski definition) is 9. The zero-order valence-electron chi connectivity index (χ0n) is 14.0. The molecule has 0 aliphatic heterocycles. The molecule has 7 nitrogen and oxygen atoms in total. The molecule has 5 rings (SSSR count). The number of benzene rings is 1. The molecule has 0 spiro atoms. The van der Waals surface area contributed by atoms with Crippen LogP contribution in [0.2, 0.25) is 0 Å². The Balaban J connectivity index is 1.47. The first kappa shape index (κ1) is 16.4. The zero-order valence-corrected chi connectivity index (χ0v) is 16.4. The molecule has 5 aromatic rings. The lowest BCUT2D eigenvalue weighted by atomic mass is 10.1. The van der Waals surface area contributed by atoms with Gasteiger partial charge >= 0.3 is 0 Å². The van der Waals surface area contributed by atoms with Crippen molar-refractivity contribution in [2.45, 2.75) is 0 Å². The number of thiophene rings is 1. The van der Waals surface area contributed by atoms with Crippen LogP contribution in [0.5, 0.6) is 5.75 Å². The van der Waals surface area contributed by atoms with E-state index in [9.17, 15) is 0 Å². The number of aromatic nitrogens is 5. The average molecular weight is 413 g/mol. The molecule has 4 aromatic heterocycles. The Morgan fingerprint density at radius 1 is 1.07 bits per heavy atom. The molecular formula is C17H12N6OS3. The molecule has 0 saturated heterocycles. The van der Waals surface area contributed by atoms with Crippen LogP contribution in [0.4, 0.5) is 11.1 Å². The summed E-state index contributed by atoms with van der Waals surface area (Å²) in [6.07, 6.45) is 0. The molecule has 0 radical (unpaired) electrons. The van der Waals surface area contributed by atoms with Crippen molar-refractivity contribution in [2.24, 2.45) is 0 Å². The van der Waals surface area contributed by atoms with Crippen molar-refractivity contribution in [3.63, 3.8) is 0 Å². The number of anilines is 2. The number of nitrogens with one attached hydrogen (secondary N) is 1. The van der Waals surface area contributed by atoms with Crippen LogP contribution in [-0.4, -0.2) is 31.9 Å². The predicted octanol–water partition coefficient (Wildman–Crippen LogP) is 4.79. The highest BCUT2D eigenvalue weighted by Crippen LogP contribution is 2.34. The molecule has 1 aromatic carbocycles. The fourth-order valence-corrected chi connectivity index (χ4v) is 5.00. The smallest absolute Gasteiger partial charge is 0.250 e. The van der Waals surface area contributed by atoms with Crippen LogP contribution in [0.1, 0.15) is 0 Å². The van der Waals surface area contributed by atoms with E-state index in [2.05, 4.69) is 25.6 Å². The normalized spacial score (nSPS) is 11.1. The summed E-state index contributed by atoms with van der Waals surface area (Å²) >= 11 is 4.64. The summed E-state index contributed by atoms with van der Waals surface area (Å²) in [6.45, 7) is 0. The first-order valence-electron chi connectivity index (χ1n) is 7.94. The van der Waals surface area contributed by atoms with Gasteiger partial charge in [-0.15, -0.1) is 38.0 Å². The SMILES string of the molecule is COc1ccccc1-c1csc2nc(Nc3nnc(-c4cccs4)s3)nn12. The second-order valence-corrected chi connectivity index (χ2v) is 8.23. The third kappa shape index (κ3) is 2.97. The van der Waals surface area contributed by atoms with E-state index in [-0.39, 0.29) is 0 Å². The van der Waals surface area contributed by atoms with Crippen LogP contribution in [0.15, 0.2) is 47.2 Å². The van der Waals surface area contributed by atoms with Gasteiger partial charge in [0, 0.05) is 10.9 Å². The highest BCUT2D eigenvalue weighted by atomic mass is 32.1. The molecule has 134 valence electrons. The molecule has 27 heavy (non-hydrogen) atoms. The summed E-state index contributed by atoms with van der Waals surface area (Å²) < 4.78 is 7.28. The van der Waals surface area contributed by atoms with Gasteiger partial charge in [-0.3, -0.25) is 5.32 Å². The summed E-state index contributed by atoms with van der Waals surface area (Å²) in [4.78, 5) is 6.43. The van der Waals surface area contributed by atoms with Gasteiger partial charge < -0.3 is 4.74 Å².